The van der Waals surface area contributed by atoms with Crippen LogP contribution in [-0.2, 0) is 19.9 Å². The molecule has 0 saturated carbocycles. The van der Waals surface area contributed by atoms with E-state index in [0.717, 1.165) is 14.2 Å². The van der Waals surface area contributed by atoms with Crippen LogP contribution in [0.1, 0.15) is 0 Å². The predicted octanol–water partition coefficient (Wildman–Crippen LogP) is 2.53. The van der Waals surface area contributed by atoms with Gasteiger partial charge in [0.1, 0.15) is 5.69 Å². The first-order valence-corrected chi connectivity index (χ1v) is 7.18. The highest BCUT2D eigenvalue weighted by molar-refractivity contribution is 7.62. The summed E-state index contributed by atoms with van der Waals surface area (Å²) in [5, 5.41) is 6.39. The predicted molar refractivity (Wildman–Crippen MR) is 68.0 cm³/mol. The minimum absolute atomic E-state index is 0.143. The van der Waals surface area contributed by atoms with E-state index >= 15 is 0 Å². The van der Waals surface area contributed by atoms with E-state index in [1.807, 2.05) is 0 Å². The van der Waals surface area contributed by atoms with Crippen LogP contribution < -0.4 is 5.44 Å². The van der Waals surface area contributed by atoms with E-state index in [2.05, 4.69) is 10.3 Å². The highest BCUT2D eigenvalue weighted by Crippen LogP contribution is 2.47. The summed E-state index contributed by atoms with van der Waals surface area (Å²) in [6.07, 6.45) is -4.82. The van der Waals surface area contributed by atoms with Gasteiger partial charge in [-0.1, -0.05) is 35.5 Å². The Kier molecular flexibility index (Phi) is 4.18. The summed E-state index contributed by atoms with van der Waals surface area (Å²) in [7, 11) is -1.86. The van der Waals surface area contributed by atoms with Crippen LogP contribution in [0.3, 0.4) is 0 Å². The third kappa shape index (κ3) is 2.85. The molecule has 0 aliphatic rings. The number of benzene rings is 1. The van der Waals surface area contributed by atoms with Crippen molar-refractivity contribution in [3.8, 4) is 11.3 Å². The summed E-state index contributed by atoms with van der Waals surface area (Å²) in [4.78, 5) is 0. The van der Waals surface area contributed by atoms with Crippen molar-refractivity contribution in [2.45, 2.75) is 6.30 Å². The summed E-state index contributed by atoms with van der Waals surface area (Å²) < 4.78 is 60.6. The Balaban J connectivity index is 2.75. The molecule has 0 amide bonds. The second-order valence-electron chi connectivity index (χ2n) is 3.87. The molecule has 1 aromatic heterocycles. The van der Waals surface area contributed by atoms with Crippen LogP contribution in [0, 0.1) is 0 Å². The number of halogens is 3. The molecular weight excluding hydrogens is 310 g/mol. The van der Waals surface area contributed by atoms with Crippen LogP contribution in [0.4, 0.5) is 13.2 Å². The molecule has 1 aromatic carbocycles. The van der Waals surface area contributed by atoms with Gasteiger partial charge < -0.3 is 9.05 Å². The Hall–Kier alpha value is -1.70. The summed E-state index contributed by atoms with van der Waals surface area (Å²) in [6.45, 7) is 0. The summed E-state index contributed by atoms with van der Waals surface area (Å²) >= 11 is 0. The first kappa shape index (κ1) is 15.7. The number of nitrogens with zero attached hydrogens (tertiary/aromatic N) is 3. The third-order valence-electron chi connectivity index (χ3n) is 2.68. The second-order valence-corrected chi connectivity index (χ2v) is 6.02. The number of hydrogen-bond acceptors (Lipinski definition) is 5. The third-order valence-corrected chi connectivity index (χ3v) is 4.46. The van der Waals surface area contributed by atoms with Gasteiger partial charge in [0.25, 0.3) is 0 Å². The summed E-state index contributed by atoms with van der Waals surface area (Å²) in [5.74, 6) is 0. The molecule has 0 atom stereocenters. The molecule has 0 spiro atoms. The van der Waals surface area contributed by atoms with Crippen molar-refractivity contribution >= 4 is 13.0 Å². The van der Waals surface area contributed by atoms with Crippen LogP contribution in [0.5, 0.6) is 0 Å². The highest BCUT2D eigenvalue weighted by Gasteiger charge is 2.42. The van der Waals surface area contributed by atoms with E-state index in [1.54, 1.807) is 6.07 Å². The van der Waals surface area contributed by atoms with Crippen LogP contribution in [0.25, 0.3) is 11.3 Å². The quantitative estimate of drug-likeness (QED) is 0.810. The van der Waals surface area contributed by atoms with E-state index in [4.69, 9.17) is 9.05 Å². The zero-order valence-electron chi connectivity index (χ0n) is 11.0. The van der Waals surface area contributed by atoms with Gasteiger partial charge in [0.2, 0.25) is 5.44 Å². The standard InChI is InChI=1S/C11H11F3N3O3P/c1-19-21(18,20-2)10-9(8-6-4-3-5-7-8)17(16-15-10)11(12,13)14/h3-7H,1-2H3. The lowest BCUT2D eigenvalue weighted by molar-refractivity contribution is -0.211. The molecule has 0 saturated heterocycles. The Morgan fingerprint density at radius 1 is 1.14 bits per heavy atom. The van der Waals surface area contributed by atoms with E-state index < -0.39 is 25.0 Å². The molecule has 0 aliphatic carbocycles. The molecule has 0 bridgehead atoms. The zero-order chi connectivity index (χ0) is 15.7. The van der Waals surface area contributed by atoms with Crippen molar-refractivity contribution in [3.63, 3.8) is 0 Å². The first-order valence-electron chi connectivity index (χ1n) is 5.64. The SMILES string of the molecule is COP(=O)(OC)c1nnn(C(F)(F)F)c1-c1ccccc1. The summed E-state index contributed by atoms with van der Waals surface area (Å²) in [5.41, 5.74) is -0.824. The van der Waals surface area contributed by atoms with Gasteiger partial charge in [0.05, 0.1) is 0 Å². The Labute approximate surface area is 118 Å². The molecule has 0 radical (unpaired) electrons. The van der Waals surface area contributed by atoms with E-state index in [1.165, 1.54) is 24.3 Å². The second kappa shape index (κ2) is 5.59. The van der Waals surface area contributed by atoms with Gasteiger partial charge in [-0.05, 0) is 0 Å². The van der Waals surface area contributed by atoms with Crippen LogP contribution in [-0.4, -0.2) is 29.2 Å². The van der Waals surface area contributed by atoms with Gasteiger partial charge in [0.15, 0.2) is 0 Å². The molecule has 1 heterocycles. The molecule has 2 rings (SSSR count). The lowest BCUT2D eigenvalue weighted by atomic mass is 10.2. The van der Waals surface area contributed by atoms with Gasteiger partial charge in [-0.25, -0.2) is 0 Å². The summed E-state index contributed by atoms with van der Waals surface area (Å²) in [6, 6.07) is 7.55. The average molecular weight is 321 g/mol. The van der Waals surface area contributed by atoms with Crippen LogP contribution >= 0.6 is 7.60 Å². The van der Waals surface area contributed by atoms with E-state index in [-0.39, 0.29) is 10.2 Å². The number of rotatable bonds is 4. The van der Waals surface area contributed by atoms with E-state index in [9.17, 15) is 17.7 Å². The molecule has 0 aliphatic heterocycles. The van der Waals surface area contributed by atoms with Gasteiger partial charge in [-0.15, -0.1) is 23.0 Å². The Morgan fingerprint density at radius 3 is 2.19 bits per heavy atom. The fourth-order valence-corrected chi connectivity index (χ4v) is 2.86. The lowest BCUT2D eigenvalue weighted by Gasteiger charge is -2.14. The fourth-order valence-electron chi connectivity index (χ4n) is 1.73. The maximum absolute atomic E-state index is 13.0. The Morgan fingerprint density at radius 2 is 1.71 bits per heavy atom. The van der Waals surface area contributed by atoms with Crippen molar-refractivity contribution in [2.75, 3.05) is 14.2 Å². The molecule has 0 N–H and O–H groups in total. The molecule has 10 heteroatoms. The van der Waals surface area contributed by atoms with Crippen LogP contribution in [0.15, 0.2) is 30.3 Å². The van der Waals surface area contributed by atoms with Crippen molar-refractivity contribution in [1.29, 1.82) is 0 Å². The molecule has 2 aromatic rings. The maximum atomic E-state index is 13.0. The van der Waals surface area contributed by atoms with Gasteiger partial charge >= 0.3 is 13.9 Å². The minimum atomic E-state index is -4.82. The van der Waals surface area contributed by atoms with Gasteiger partial charge in [-0.2, -0.15) is 0 Å². The Bertz CT molecular complexity index is 664. The topological polar surface area (TPSA) is 66.2 Å². The monoisotopic (exact) mass is 321 g/mol. The molecular formula is C11H11F3N3O3P. The molecule has 0 unspecified atom stereocenters. The van der Waals surface area contributed by atoms with E-state index in [0.29, 0.717) is 0 Å². The zero-order valence-corrected chi connectivity index (χ0v) is 11.9. The molecule has 21 heavy (non-hydrogen) atoms. The fraction of sp³-hybridized carbons (Fsp3) is 0.273. The maximum Gasteiger partial charge on any atom is 0.506 e. The highest BCUT2D eigenvalue weighted by atomic mass is 31.2. The van der Waals surface area contributed by atoms with Crippen molar-refractivity contribution in [2.24, 2.45) is 0 Å². The van der Waals surface area contributed by atoms with Crippen molar-refractivity contribution in [3.05, 3.63) is 30.3 Å². The first-order chi connectivity index (χ1) is 9.83. The lowest BCUT2D eigenvalue weighted by Crippen LogP contribution is -2.21. The minimum Gasteiger partial charge on any atom is -0.307 e. The van der Waals surface area contributed by atoms with Gasteiger partial charge in [0, 0.05) is 19.8 Å². The van der Waals surface area contributed by atoms with Crippen molar-refractivity contribution < 1.29 is 26.8 Å². The largest absolute Gasteiger partial charge is 0.506 e. The molecule has 6 nitrogen and oxygen atoms in total. The van der Waals surface area contributed by atoms with Gasteiger partial charge in [-0.3, -0.25) is 4.57 Å². The van der Waals surface area contributed by atoms with Crippen molar-refractivity contribution in [1.82, 2.24) is 15.0 Å². The number of aromatic nitrogens is 3. The number of alkyl halides is 3. The molecule has 114 valence electrons. The smallest absolute Gasteiger partial charge is 0.307 e. The van der Waals surface area contributed by atoms with Crippen LogP contribution in [0.2, 0.25) is 0 Å². The number of hydrogen-bond donors (Lipinski definition) is 0. The molecule has 0 fully saturated rings. The normalized spacial score (nSPS) is 12.6. The average Bonchev–Trinajstić information content (AvgIpc) is 2.93.